The zero-order valence-corrected chi connectivity index (χ0v) is 12.2. The zero-order chi connectivity index (χ0) is 13.6. The highest BCUT2D eigenvalue weighted by molar-refractivity contribution is 5.67. The van der Waals surface area contributed by atoms with E-state index in [0.717, 1.165) is 18.8 Å². The standard InChI is InChI=1S/C14H28N2O2/c1-5-6-11-7-9-12(10-8-11)15-16-13(17)18-14(2,3)4/h11-12,15H,5-10H2,1-4H3,(H,16,17). The summed E-state index contributed by atoms with van der Waals surface area (Å²) in [4.78, 5) is 11.5. The Morgan fingerprint density at radius 2 is 1.83 bits per heavy atom. The lowest BCUT2D eigenvalue weighted by atomic mass is 9.84. The van der Waals surface area contributed by atoms with E-state index in [2.05, 4.69) is 17.8 Å². The van der Waals surface area contributed by atoms with Crippen LogP contribution in [0.4, 0.5) is 4.79 Å². The molecule has 1 amide bonds. The Hall–Kier alpha value is -0.770. The van der Waals surface area contributed by atoms with Crippen molar-refractivity contribution in [2.24, 2.45) is 5.92 Å². The van der Waals surface area contributed by atoms with Crippen LogP contribution in [0, 0.1) is 5.92 Å². The number of carbonyl (C=O) groups excluding carboxylic acids is 1. The second kappa shape index (κ2) is 6.98. The SMILES string of the molecule is CCCC1CCC(NNC(=O)OC(C)(C)C)CC1. The van der Waals surface area contributed by atoms with Crippen molar-refractivity contribution in [2.45, 2.75) is 77.9 Å². The molecule has 0 unspecified atom stereocenters. The van der Waals surface area contributed by atoms with Gasteiger partial charge >= 0.3 is 6.09 Å². The highest BCUT2D eigenvalue weighted by Gasteiger charge is 2.21. The van der Waals surface area contributed by atoms with Crippen LogP contribution in [0.2, 0.25) is 0 Å². The van der Waals surface area contributed by atoms with Gasteiger partial charge in [-0.15, -0.1) is 0 Å². The van der Waals surface area contributed by atoms with E-state index in [0.29, 0.717) is 6.04 Å². The predicted molar refractivity (Wildman–Crippen MR) is 73.2 cm³/mol. The van der Waals surface area contributed by atoms with Gasteiger partial charge in [-0.05, 0) is 52.4 Å². The number of amides is 1. The summed E-state index contributed by atoms with van der Waals surface area (Å²) in [5, 5.41) is 0. The smallest absolute Gasteiger partial charge is 0.422 e. The number of rotatable bonds is 4. The van der Waals surface area contributed by atoms with Gasteiger partial charge in [0.25, 0.3) is 0 Å². The average molecular weight is 256 g/mol. The molecule has 1 aliphatic carbocycles. The molecule has 0 saturated heterocycles. The van der Waals surface area contributed by atoms with Gasteiger partial charge in [0.1, 0.15) is 5.60 Å². The van der Waals surface area contributed by atoms with Crippen LogP contribution in [0.1, 0.15) is 66.2 Å². The highest BCUT2D eigenvalue weighted by Crippen LogP contribution is 2.27. The number of hydrogen-bond donors (Lipinski definition) is 2. The Morgan fingerprint density at radius 1 is 1.22 bits per heavy atom. The van der Waals surface area contributed by atoms with E-state index in [1.807, 2.05) is 20.8 Å². The number of hydrogen-bond acceptors (Lipinski definition) is 3. The Kier molecular flexibility index (Phi) is 5.93. The third-order valence-electron chi connectivity index (χ3n) is 3.32. The van der Waals surface area contributed by atoms with Crippen molar-refractivity contribution >= 4 is 6.09 Å². The largest absolute Gasteiger partial charge is 0.443 e. The van der Waals surface area contributed by atoms with E-state index >= 15 is 0 Å². The van der Waals surface area contributed by atoms with Gasteiger partial charge in [0.15, 0.2) is 0 Å². The van der Waals surface area contributed by atoms with Crippen molar-refractivity contribution in [1.29, 1.82) is 0 Å². The fraction of sp³-hybridized carbons (Fsp3) is 0.929. The fourth-order valence-electron chi connectivity index (χ4n) is 2.47. The maximum absolute atomic E-state index is 11.5. The molecule has 4 heteroatoms. The molecule has 1 fully saturated rings. The van der Waals surface area contributed by atoms with Crippen molar-refractivity contribution < 1.29 is 9.53 Å². The summed E-state index contributed by atoms with van der Waals surface area (Å²) < 4.78 is 5.18. The molecule has 0 aromatic rings. The van der Waals surface area contributed by atoms with Gasteiger partial charge in [-0.1, -0.05) is 19.8 Å². The maximum atomic E-state index is 11.5. The Morgan fingerprint density at radius 3 is 2.33 bits per heavy atom. The highest BCUT2D eigenvalue weighted by atomic mass is 16.6. The van der Waals surface area contributed by atoms with Crippen LogP contribution in [0.3, 0.4) is 0 Å². The first-order valence-electron chi connectivity index (χ1n) is 7.15. The summed E-state index contributed by atoms with van der Waals surface area (Å²) in [6.45, 7) is 7.84. The van der Waals surface area contributed by atoms with Crippen molar-refractivity contribution in [3.05, 3.63) is 0 Å². The van der Waals surface area contributed by atoms with Gasteiger partial charge < -0.3 is 4.74 Å². The minimum atomic E-state index is -0.440. The van der Waals surface area contributed by atoms with Gasteiger partial charge in [0.05, 0.1) is 0 Å². The summed E-state index contributed by atoms with van der Waals surface area (Å²) in [5.74, 6) is 0.884. The fourth-order valence-corrected chi connectivity index (χ4v) is 2.47. The van der Waals surface area contributed by atoms with Crippen LogP contribution in [-0.4, -0.2) is 17.7 Å². The van der Waals surface area contributed by atoms with E-state index in [-0.39, 0.29) is 0 Å². The van der Waals surface area contributed by atoms with Crippen LogP contribution < -0.4 is 10.9 Å². The van der Waals surface area contributed by atoms with E-state index < -0.39 is 11.7 Å². The van der Waals surface area contributed by atoms with Crippen LogP contribution in [0.25, 0.3) is 0 Å². The molecule has 0 radical (unpaired) electrons. The Balaban J connectivity index is 2.16. The first kappa shape index (κ1) is 15.3. The van der Waals surface area contributed by atoms with Gasteiger partial charge in [-0.2, -0.15) is 0 Å². The van der Waals surface area contributed by atoms with Crippen LogP contribution in [0.5, 0.6) is 0 Å². The third kappa shape index (κ3) is 6.24. The third-order valence-corrected chi connectivity index (χ3v) is 3.32. The van der Waals surface area contributed by atoms with Crippen molar-refractivity contribution in [3.63, 3.8) is 0 Å². The van der Waals surface area contributed by atoms with E-state index in [4.69, 9.17) is 4.74 Å². The molecule has 0 aromatic carbocycles. The van der Waals surface area contributed by atoms with Crippen LogP contribution in [-0.2, 0) is 4.74 Å². The van der Waals surface area contributed by atoms with Gasteiger partial charge in [-0.25, -0.2) is 10.2 Å². The van der Waals surface area contributed by atoms with E-state index in [9.17, 15) is 4.79 Å². The molecule has 0 bridgehead atoms. The summed E-state index contributed by atoms with van der Waals surface area (Å²) in [7, 11) is 0. The minimum Gasteiger partial charge on any atom is -0.443 e. The number of ether oxygens (including phenoxy) is 1. The quantitative estimate of drug-likeness (QED) is 0.758. The second-order valence-corrected chi connectivity index (χ2v) is 6.28. The number of hydrazine groups is 1. The van der Waals surface area contributed by atoms with Crippen molar-refractivity contribution in [3.8, 4) is 0 Å². The molecular formula is C14H28N2O2. The topological polar surface area (TPSA) is 50.4 Å². The molecule has 1 aliphatic rings. The van der Waals surface area contributed by atoms with E-state index in [1.54, 1.807) is 0 Å². The molecular weight excluding hydrogens is 228 g/mol. The summed E-state index contributed by atoms with van der Waals surface area (Å²) in [6, 6.07) is 0.394. The predicted octanol–water partition coefficient (Wildman–Crippen LogP) is 3.37. The Labute approximate surface area is 111 Å². The lowest BCUT2D eigenvalue weighted by Crippen LogP contribution is -2.47. The maximum Gasteiger partial charge on any atom is 0.422 e. The van der Waals surface area contributed by atoms with Gasteiger partial charge in [0, 0.05) is 6.04 Å². The van der Waals surface area contributed by atoms with Crippen LogP contribution in [0.15, 0.2) is 0 Å². The molecule has 4 nitrogen and oxygen atoms in total. The normalized spacial score (nSPS) is 24.7. The zero-order valence-electron chi connectivity index (χ0n) is 12.2. The molecule has 106 valence electrons. The molecule has 0 heterocycles. The number of carbonyl (C=O) groups is 1. The lowest BCUT2D eigenvalue weighted by molar-refractivity contribution is 0.0479. The molecule has 1 saturated carbocycles. The number of nitrogens with one attached hydrogen (secondary N) is 2. The minimum absolute atomic E-state index is 0.391. The average Bonchev–Trinajstić information content (AvgIpc) is 2.26. The monoisotopic (exact) mass is 256 g/mol. The Bertz CT molecular complexity index is 253. The lowest BCUT2D eigenvalue weighted by Gasteiger charge is -2.29. The van der Waals surface area contributed by atoms with Crippen molar-refractivity contribution in [2.75, 3.05) is 0 Å². The molecule has 1 rings (SSSR count). The molecule has 18 heavy (non-hydrogen) atoms. The van der Waals surface area contributed by atoms with Crippen molar-refractivity contribution in [1.82, 2.24) is 10.9 Å². The molecule has 0 spiro atoms. The molecule has 0 atom stereocenters. The first-order chi connectivity index (χ1) is 8.40. The van der Waals surface area contributed by atoms with Gasteiger partial charge in [0.2, 0.25) is 0 Å². The second-order valence-electron chi connectivity index (χ2n) is 6.28. The summed E-state index contributed by atoms with van der Waals surface area (Å²) >= 11 is 0. The molecule has 2 N–H and O–H groups in total. The molecule has 0 aliphatic heterocycles. The summed E-state index contributed by atoms with van der Waals surface area (Å²) in [5.41, 5.74) is 5.29. The molecule has 0 aromatic heterocycles. The van der Waals surface area contributed by atoms with Crippen LogP contribution >= 0.6 is 0 Å². The first-order valence-corrected chi connectivity index (χ1v) is 7.15. The van der Waals surface area contributed by atoms with Gasteiger partial charge in [-0.3, -0.25) is 5.43 Å². The van der Waals surface area contributed by atoms with E-state index in [1.165, 1.54) is 25.7 Å². The summed E-state index contributed by atoms with van der Waals surface area (Å²) in [6.07, 6.45) is 7.04.